The van der Waals surface area contributed by atoms with E-state index in [0.717, 1.165) is 58.8 Å². The molecule has 0 atom stereocenters. The third kappa shape index (κ3) is 3.57. The molecule has 0 spiro atoms. The van der Waals surface area contributed by atoms with Gasteiger partial charge in [0.15, 0.2) is 11.5 Å². The van der Waals surface area contributed by atoms with Gasteiger partial charge in [0.05, 0.1) is 32.6 Å². The van der Waals surface area contributed by atoms with Crippen LogP contribution < -0.4 is 14.2 Å². The van der Waals surface area contributed by atoms with Crippen molar-refractivity contribution in [3.63, 3.8) is 0 Å². The number of methoxy groups -OCH3 is 3. The van der Waals surface area contributed by atoms with Gasteiger partial charge in [-0.1, -0.05) is 6.92 Å². The largest absolute Gasteiger partial charge is 0.493 e. The molecule has 6 heteroatoms. The standard InChI is InChI=1S/C21H24N2O3S/c1-5-27-21-16(12-22)14-8-6-7-9-15(14)19(23-21)13-10-17(24-2)20(26-4)18(11-13)25-3/h10-11H,5-9H2,1-4H3. The molecule has 0 aliphatic heterocycles. The molecule has 1 aliphatic carbocycles. The highest BCUT2D eigenvalue weighted by Crippen LogP contribution is 2.43. The molecule has 0 amide bonds. The van der Waals surface area contributed by atoms with Crippen LogP contribution in [0.1, 0.15) is 36.5 Å². The van der Waals surface area contributed by atoms with E-state index in [1.165, 1.54) is 5.56 Å². The van der Waals surface area contributed by atoms with Gasteiger partial charge in [0.2, 0.25) is 5.75 Å². The molecule has 27 heavy (non-hydrogen) atoms. The third-order valence-corrected chi connectivity index (χ3v) is 5.67. The molecule has 0 radical (unpaired) electrons. The van der Waals surface area contributed by atoms with Crippen LogP contribution in [0.2, 0.25) is 0 Å². The van der Waals surface area contributed by atoms with Gasteiger partial charge in [0.25, 0.3) is 0 Å². The van der Waals surface area contributed by atoms with Crippen LogP contribution in [-0.2, 0) is 12.8 Å². The highest BCUT2D eigenvalue weighted by atomic mass is 32.2. The van der Waals surface area contributed by atoms with E-state index in [4.69, 9.17) is 19.2 Å². The highest BCUT2D eigenvalue weighted by molar-refractivity contribution is 7.99. The second kappa shape index (κ2) is 8.53. The lowest BCUT2D eigenvalue weighted by atomic mass is 9.86. The molecule has 5 nitrogen and oxygen atoms in total. The van der Waals surface area contributed by atoms with E-state index in [1.54, 1.807) is 33.1 Å². The van der Waals surface area contributed by atoms with Crippen molar-refractivity contribution in [2.75, 3.05) is 27.1 Å². The normalized spacial score (nSPS) is 12.9. The first-order valence-corrected chi connectivity index (χ1v) is 10.1. The number of fused-ring (bicyclic) bond motifs is 1. The zero-order chi connectivity index (χ0) is 19.4. The number of rotatable bonds is 6. The van der Waals surface area contributed by atoms with Gasteiger partial charge in [-0.2, -0.15) is 5.26 Å². The maximum atomic E-state index is 9.74. The Bertz CT molecular complexity index is 865. The predicted octanol–water partition coefficient (Wildman–Crippen LogP) is 4.64. The summed E-state index contributed by atoms with van der Waals surface area (Å²) in [5.41, 5.74) is 4.91. The first-order chi connectivity index (χ1) is 13.2. The monoisotopic (exact) mass is 384 g/mol. The number of benzene rings is 1. The van der Waals surface area contributed by atoms with E-state index in [-0.39, 0.29) is 0 Å². The molecule has 2 aromatic rings. The quantitative estimate of drug-likeness (QED) is 0.676. The van der Waals surface area contributed by atoms with Crippen LogP contribution in [0.4, 0.5) is 0 Å². The lowest BCUT2D eigenvalue weighted by Crippen LogP contribution is -2.11. The van der Waals surface area contributed by atoms with Gasteiger partial charge in [0.1, 0.15) is 11.1 Å². The summed E-state index contributed by atoms with van der Waals surface area (Å²) >= 11 is 1.61. The average molecular weight is 385 g/mol. The maximum absolute atomic E-state index is 9.74. The van der Waals surface area contributed by atoms with Crippen molar-refractivity contribution < 1.29 is 14.2 Å². The molecular weight excluding hydrogens is 360 g/mol. The number of nitrogens with zero attached hydrogens (tertiary/aromatic N) is 2. The molecule has 0 unspecified atom stereocenters. The minimum atomic E-state index is 0.564. The fraction of sp³-hybridized carbons (Fsp3) is 0.429. The van der Waals surface area contributed by atoms with Crippen LogP contribution in [0.15, 0.2) is 17.2 Å². The average Bonchev–Trinajstić information content (AvgIpc) is 2.72. The summed E-state index contributed by atoms with van der Waals surface area (Å²) in [6, 6.07) is 6.27. The minimum Gasteiger partial charge on any atom is -0.493 e. The van der Waals surface area contributed by atoms with E-state index < -0.39 is 0 Å². The Balaban J connectivity index is 2.28. The van der Waals surface area contributed by atoms with Crippen molar-refractivity contribution in [1.29, 1.82) is 5.26 Å². The molecule has 1 aromatic carbocycles. The van der Waals surface area contributed by atoms with E-state index >= 15 is 0 Å². The Morgan fingerprint density at radius 2 is 1.67 bits per heavy atom. The van der Waals surface area contributed by atoms with Crippen molar-refractivity contribution in [3.8, 4) is 34.6 Å². The Morgan fingerprint density at radius 1 is 1.04 bits per heavy atom. The lowest BCUT2D eigenvalue weighted by molar-refractivity contribution is 0.324. The second-order valence-electron chi connectivity index (χ2n) is 6.26. The summed E-state index contributed by atoms with van der Waals surface area (Å²) in [7, 11) is 4.82. The molecule has 0 saturated carbocycles. The van der Waals surface area contributed by atoms with Crippen LogP contribution in [0.3, 0.4) is 0 Å². The summed E-state index contributed by atoms with van der Waals surface area (Å²) in [5, 5.41) is 10.5. The number of hydrogen-bond donors (Lipinski definition) is 0. The molecule has 1 aliphatic rings. The van der Waals surface area contributed by atoms with Crippen LogP contribution in [0, 0.1) is 11.3 Å². The second-order valence-corrected chi connectivity index (χ2v) is 7.52. The van der Waals surface area contributed by atoms with Crippen LogP contribution in [0.25, 0.3) is 11.3 Å². The summed E-state index contributed by atoms with van der Waals surface area (Å²) in [5.74, 6) is 2.64. The third-order valence-electron chi connectivity index (χ3n) is 4.81. The summed E-state index contributed by atoms with van der Waals surface area (Å²) in [6.45, 7) is 2.08. The van der Waals surface area contributed by atoms with Crippen LogP contribution >= 0.6 is 11.8 Å². The molecule has 0 fully saturated rings. The molecule has 1 aromatic heterocycles. The Labute approximate surface area is 164 Å². The Morgan fingerprint density at radius 3 is 2.19 bits per heavy atom. The minimum absolute atomic E-state index is 0.564. The van der Waals surface area contributed by atoms with Gasteiger partial charge in [0, 0.05) is 5.56 Å². The van der Waals surface area contributed by atoms with Gasteiger partial charge in [-0.05, 0) is 54.7 Å². The van der Waals surface area contributed by atoms with E-state index in [0.29, 0.717) is 17.2 Å². The van der Waals surface area contributed by atoms with Gasteiger partial charge in [-0.15, -0.1) is 11.8 Å². The molecule has 142 valence electrons. The van der Waals surface area contributed by atoms with Gasteiger partial charge >= 0.3 is 0 Å². The van der Waals surface area contributed by atoms with E-state index in [2.05, 4.69) is 13.0 Å². The van der Waals surface area contributed by atoms with Crippen LogP contribution in [0.5, 0.6) is 17.2 Å². The maximum Gasteiger partial charge on any atom is 0.203 e. The predicted molar refractivity (Wildman–Crippen MR) is 107 cm³/mol. The van der Waals surface area contributed by atoms with Crippen molar-refractivity contribution in [2.45, 2.75) is 37.6 Å². The molecule has 0 N–H and O–H groups in total. The molecular formula is C21H24N2O3S. The number of hydrogen-bond acceptors (Lipinski definition) is 6. The topological polar surface area (TPSA) is 64.4 Å². The Hall–Kier alpha value is -2.39. The Kier molecular flexibility index (Phi) is 6.12. The van der Waals surface area contributed by atoms with Crippen molar-refractivity contribution in [2.24, 2.45) is 0 Å². The summed E-state index contributed by atoms with van der Waals surface area (Å²) in [4.78, 5) is 4.91. The van der Waals surface area contributed by atoms with Crippen LogP contribution in [-0.4, -0.2) is 32.1 Å². The van der Waals surface area contributed by atoms with Crippen molar-refractivity contribution in [3.05, 3.63) is 28.8 Å². The molecule has 1 heterocycles. The van der Waals surface area contributed by atoms with Gasteiger partial charge < -0.3 is 14.2 Å². The van der Waals surface area contributed by atoms with E-state index in [9.17, 15) is 5.26 Å². The van der Waals surface area contributed by atoms with E-state index in [1.807, 2.05) is 12.1 Å². The van der Waals surface area contributed by atoms with Gasteiger partial charge in [-0.25, -0.2) is 4.98 Å². The smallest absolute Gasteiger partial charge is 0.203 e. The molecule has 0 bridgehead atoms. The number of ether oxygens (including phenoxy) is 3. The zero-order valence-electron chi connectivity index (χ0n) is 16.2. The number of aromatic nitrogens is 1. The fourth-order valence-electron chi connectivity index (χ4n) is 3.61. The van der Waals surface area contributed by atoms with Crippen molar-refractivity contribution in [1.82, 2.24) is 4.98 Å². The molecule has 0 saturated heterocycles. The molecule has 3 rings (SSSR count). The lowest BCUT2D eigenvalue weighted by Gasteiger charge is -2.23. The summed E-state index contributed by atoms with van der Waals surface area (Å²) < 4.78 is 16.5. The first-order valence-electron chi connectivity index (χ1n) is 9.07. The van der Waals surface area contributed by atoms with Gasteiger partial charge in [-0.3, -0.25) is 0 Å². The first kappa shape index (κ1) is 19.4. The summed E-state index contributed by atoms with van der Waals surface area (Å²) in [6.07, 6.45) is 4.07. The highest BCUT2D eigenvalue weighted by Gasteiger charge is 2.24. The zero-order valence-corrected chi connectivity index (χ0v) is 17.0. The number of pyridine rings is 1. The van der Waals surface area contributed by atoms with Crippen molar-refractivity contribution >= 4 is 11.8 Å². The number of nitriles is 1. The SMILES string of the molecule is CCSc1nc(-c2cc(OC)c(OC)c(OC)c2)c2c(c1C#N)CCCC2. The number of thioether (sulfide) groups is 1. The fourth-order valence-corrected chi connectivity index (χ4v) is 4.35.